The summed E-state index contributed by atoms with van der Waals surface area (Å²) in [4.78, 5) is 14.3. The van der Waals surface area contributed by atoms with E-state index in [1.807, 2.05) is 4.90 Å². The number of nitrogens with two attached hydrogens (primary N) is 1. The average Bonchev–Trinajstić information content (AvgIpc) is 2.36. The Kier molecular flexibility index (Phi) is 7.09. The molecule has 124 valence electrons. The highest BCUT2D eigenvalue weighted by atomic mass is 32.2. The number of piperidine rings is 1. The van der Waals surface area contributed by atoms with Gasteiger partial charge in [-0.1, -0.05) is 13.8 Å². The summed E-state index contributed by atoms with van der Waals surface area (Å²) in [6.45, 7) is 5.20. The van der Waals surface area contributed by atoms with Gasteiger partial charge >= 0.3 is 0 Å². The van der Waals surface area contributed by atoms with E-state index in [9.17, 15) is 13.2 Å². The van der Waals surface area contributed by atoms with Gasteiger partial charge in [0.05, 0.1) is 12.3 Å². The van der Waals surface area contributed by atoms with Crippen molar-refractivity contribution in [2.45, 2.75) is 58.0 Å². The first kappa shape index (κ1) is 18.4. The second-order valence-corrected chi connectivity index (χ2v) is 8.21. The third kappa shape index (κ3) is 6.76. The summed E-state index contributed by atoms with van der Waals surface area (Å²) in [6.07, 6.45) is 5.47. The summed E-state index contributed by atoms with van der Waals surface area (Å²) in [6, 6.07) is -0.354. The molecule has 7 heteroatoms. The van der Waals surface area contributed by atoms with E-state index in [0.717, 1.165) is 32.1 Å². The quantitative estimate of drug-likeness (QED) is 0.722. The first-order valence-corrected chi connectivity index (χ1v) is 9.60. The van der Waals surface area contributed by atoms with Crippen LogP contribution >= 0.6 is 0 Å². The number of carbonyl (C=O) groups is 1. The van der Waals surface area contributed by atoms with Gasteiger partial charge in [0.25, 0.3) is 0 Å². The molecule has 1 amide bonds. The first-order chi connectivity index (χ1) is 9.70. The van der Waals surface area contributed by atoms with Gasteiger partial charge in [0.15, 0.2) is 0 Å². The molecule has 1 unspecified atom stereocenters. The summed E-state index contributed by atoms with van der Waals surface area (Å²) in [5.74, 6) is 0.395. The zero-order valence-corrected chi connectivity index (χ0v) is 14.2. The predicted molar refractivity (Wildman–Crippen MR) is 84.2 cm³/mol. The smallest absolute Gasteiger partial charge is 0.239 e. The minimum Gasteiger partial charge on any atom is -0.338 e. The van der Waals surface area contributed by atoms with Gasteiger partial charge in [-0.3, -0.25) is 4.79 Å². The first-order valence-electron chi connectivity index (χ1n) is 7.71. The molecular weight excluding hydrogens is 290 g/mol. The molecule has 0 spiro atoms. The number of sulfonamides is 1. The molecule has 0 saturated carbocycles. The second kappa shape index (κ2) is 8.10. The van der Waals surface area contributed by atoms with E-state index in [-0.39, 0.29) is 11.9 Å². The van der Waals surface area contributed by atoms with Crippen LogP contribution in [0.4, 0.5) is 0 Å². The molecule has 21 heavy (non-hydrogen) atoms. The van der Waals surface area contributed by atoms with Gasteiger partial charge < -0.3 is 10.6 Å². The minimum absolute atomic E-state index is 0.00718. The molecule has 6 nitrogen and oxygen atoms in total. The van der Waals surface area contributed by atoms with Crippen LogP contribution in [0, 0.1) is 5.92 Å². The van der Waals surface area contributed by atoms with E-state index >= 15 is 0 Å². The van der Waals surface area contributed by atoms with Gasteiger partial charge in [-0.15, -0.1) is 0 Å². The Morgan fingerprint density at radius 1 is 1.38 bits per heavy atom. The zero-order valence-electron chi connectivity index (χ0n) is 13.3. The number of amides is 1. The molecule has 1 fully saturated rings. The Labute approximate surface area is 128 Å². The van der Waals surface area contributed by atoms with Crippen molar-refractivity contribution in [1.29, 1.82) is 0 Å². The van der Waals surface area contributed by atoms with Crippen molar-refractivity contribution in [3.8, 4) is 0 Å². The lowest BCUT2D eigenvalue weighted by Gasteiger charge is -2.37. The van der Waals surface area contributed by atoms with Gasteiger partial charge in [-0.2, -0.15) is 0 Å². The maximum atomic E-state index is 12.5. The number of hydrogen-bond donors (Lipinski definition) is 2. The molecule has 0 aromatic heterocycles. The zero-order chi connectivity index (χ0) is 16.0. The SMILES string of the molecule is CC(C)C[C@H](N)C(=O)N1CCCCC1CCNS(C)(=O)=O. The van der Waals surface area contributed by atoms with Crippen molar-refractivity contribution < 1.29 is 13.2 Å². The molecule has 0 aromatic carbocycles. The van der Waals surface area contributed by atoms with Crippen LogP contribution in [0.15, 0.2) is 0 Å². The van der Waals surface area contributed by atoms with Crippen LogP contribution in [0.5, 0.6) is 0 Å². The van der Waals surface area contributed by atoms with Gasteiger partial charge in [0.1, 0.15) is 0 Å². The van der Waals surface area contributed by atoms with Gasteiger partial charge in [-0.25, -0.2) is 13.1 Å². The maximum absolute atomic E-state index is 12.5. The maximum Gasteiger partial charge on any atom is 0.239 e. The van der Waals surface area contributed by atoms with Crippen LogP contribution in [0.1, 0.15) is 46.0 Å². The number of nitrogens with zero attached hydrogens (tertiary/aromatic N) is 1. The molecule has 1 aliphatic rings. The molecule has 1 saturated heterocycles. The fourth-order valence-corrected chi connectivity index (χ4v) is 3.31. The third-order valence-corrected chi connectivity index (χ3v) is 4.52. The number of hydrogen-bond acceptors (Lipinski definition) is 4. The largest absolute Gasteiger partial charge is 0.338 e. The van der Waals surface area contributed by atoms with Crippen LogP contribution in [-0.4, -0.2) is 50.7 Å². The van der Waals surface area contributed by atoms with Crippen molar-refractivity contribution in [1.82, 2.24) is 9.62 Å². The molecular formula is C14H29N3O3S. The van der Waals surface area contributed by atoms with E-state index in [0.29, 0.717) is 25.3 Å². The molecule has 0 aliphatic carbocycles. The van der Waals surface area contributed by atoms with Crippen molar-refractivity contribution in [3.63, 3.8) is 0 Å². The minimum atomic E-state index is -3.17. The number of carbonyl (C=O) groups excluding carboxylic acids is 1. The van der Waals surface area contributed by atoms with Crippen LogP contribution < -0.4 is 10.5 Å². The Morgan fingerprint density at radius 2 is 2.05 bits per heavy atom. The van der Waals surface area contributed by atoms with E-state index in [4.69, 9.17) is 5.73 Å². The van der Waals surface area contributed by atoms with Crippen molar-refractivity contribution in [2.75, 3.05) is 19.3 Å². The highest BCUT2D eigenvalue weighted by molar-refractivity contribution is 7.88. The molecule has 1 rings (SSSR count). The standard InChI is InChI=1S/C14H29N3O3S/c1-11(2)10-13(15)14(18)17-9-5-4-6-12(17)7-8-16-21(3,19)20/h11-13,16H,4-10,15H2,1-3H3/t12?,13-/m0/s1. The summed E-state index contributed by atoms with van der Waals surface area (Å²) < 4.78 is 24.7. The Morgan fingerprint density at radius 3 is 2.62 bits per heavy atom. The highest BCUT2D eigenvalue weighted by Gasteiger charge is 2.29. The lowest BCUT2D eigenvalue weighted by Crippen LogP contribution is -2.51. The van der Waals surface area contributed by atoms with E-state index in [1.54, 1.807) is 0 Å². The summed E-state index contributed by atoms with van der Waals surface area (Å²) in [7, 11) is -3.17. The van der Waals surface area contributed by atoms with Crippen molar-refractivity contribution >= 4 is 15.9 Å². The van der Waals surface area contributed by atoms with Gasteiger partial charge in [-0.05, 0) is 38.0 Å². The van der Waals surface area contributed by atoms with Gasteiger partial charge in [0, 0.05) is 19.1 Å². The fourth-order valence-electron chi connectivity index (χ4n) is 2.82. The number of likely N-dealkylation sites (tertiary alicyclic amines) is 1. The molecule has 1 heterocycles. The average molecular weight is 319 g/mol. The Balaban J connectivity index is 2.58. The van der Waals surface area contributed by atoms with Crippen molar-refractivity contribution in [3.05, 3.63) is 0 Å². The second-order valence-electron chi connectivity index (χ2n) is 6.37. The van der Waals surface area contributed by atoms with E-state index < -0.39 is 16.1 Å². The normalized spacial score (nSPS) is 21.6. The summed E-state index contributed by atoms with van der Waals surface area (Å²) in [5, 5.41) is 0. The van der Waals surface area contributed by atoms with Crippen LogP contribution in [-0.2, 0) is 14.8 Å². The Hall–Kier alpha value is -0.660. The molecule has 1 aliphatic heterocycles. The van der Waals surface area contributed by atoms with E-state index in [2.05, 4.69) is 18.6 Å². The predicted octanol–water partition coefficient (Wildman–Crippen LogP) is 0.680. The lowest BCUT2D eigenvalue weighted by atomic mass is 9.96. The molecule has 3 N–H and O–H groups in total. The summed E-state index contributed by atoms with van der Waals surface area (Å²) in [5.41, 5.74) is 6.01. The summed E-state index contributed by atoms with van der Waals surface area (Å²) >= 11 is 0. The topological polar surface area (TPSA) is 92.5 Å². The van der Waals surface area contributed by atoms with Crippen LogP contribution in [0.3, 0.4) is 0 Å². The third-order valence-electron chi connectivity index (χ3n) is 3.79. The van der Waals surface area contributed by atoms with Gasteiger partial charge in [0.2, 0.25) is 15.9 Å². The molecule has 0 bridgehead atoms. The van der Waals surface area contributed by atoms with E-state index in [1.165, 1.54) is 0 Å². The monoisotopic (exact) mass is 319 g/mol. The fraction of sp³-hybridized carbons (Fsp3) is 0.929. The molecule has 2 atom stereocenters. The van der Waals surface area contributed by atoms with Crippen LogP contribution in [0.25, 0.3) is 0 Å². The van der Waals surface area contributed by atoms with Crippen molar-refractivity contribution in [2.24, 2.45) is 11.7 Å². The molecule has 0 aromatic rings. The van der Waals surface area contributed by atoms with Crippen LogP contribution in [0.2, 0.25) is 0 Å². The Bertz CT molecular complexity index is 437. The number of nitrogens with one attached hydrogen (secondary N) is 1. The highest BCUT2D eigenvalue weighted by Crippen LogP contribution is 2.21. The lowest BCUT2D eigenvalue weighted by molar-refractivity contribution is -0.136. The number of rotatable bonds is 7. The molecule has 0 radical (unpaired) electrons.